The number of thioether (sulfide) groups is 4. The standard InChI is InChI=1S/C28H38O4S4/c1-27(2,35-23-17-11-9-15-21(23)25(29)31-5)33-19-13-7-8-14-20-34-28(3,4)36-24-18-12-10-16-22(24)26(30)32-6/h9-12,15-18H,7-8,13-14,19-20H2,1-6H3. The van der Waals surface area contributed by atoms with Crippen LogP contribution in [-0.2, 0) is 9.47 Å². The van der Waals surface area contributed by atoms with Crippen molar-refractivity contribution in [1.82, 2.24) is 0 Å². The molecule has 0 unspecified atom stereocenters. The molecule has 8 heteroatoms. The van der Waals surface area contributed by atoms with Gasteiger partial charge in [-0.05, 0) is 76.3 Å². The maximum absolute atomic E-state index is 12.0. The second-order valence-electron chi connectivity index (χ2n) is 9.09. The van der Waals surface area contributed by atoms with E-state index in [1.54, 1.807) is 23.5 Å². The van der Waals surface area contributed by atoms with E-state index in [0.29, 0.717) is 11.1 Å². The van der Waals surface area contributed by atoms with Gasteiger partial charge in [0.25, 0.3) is 0 Å². The summed E-state index contributed by atoms with van der Waals surface area (Å²) in [6, 6.07) is 15.3. The van der Waals surface area contributed by atoms with Gasteiger partial charge in [-0.25, -0.2) is 9.59 Å². The second kappa shape index (κ2) is 15.3. The molecule has 0 heterocycles. The van der Waals surface area contributed by atoms with Crippen molar-refractivity contribution in [3.05, 3.63) is 59.7 Å². The quantitative estimate of drug-likeness (QED) is 0.0919. The summed E-state index contributed by atoms with van der Waals surface area (Å²) in [5.41, 5.74) is 1.26. The molecule has 0 radical (unpaired) electrons. The molecule has 0 N–H and O–H groups in total. The Kier molecular flexibility index (Phi) is 13.1. The van der Waals surface area contributed by atoms with Gasteiger partial charge in [0, 0.05) is 9.79 Å². The van der Waals surface area contributed by atoms with E-state index < -0.39 is 0 Å². The van der Waals surface area contributed by atoms with Crippen LogP contribution in [0.25, 0.3) is 0 Å². The van der Waals surface area contributed by atoms with Crippen molar-refractivity contribution in [2.75, 3.05) is 25.7 Å². The topological polar surface area (TPSA) is 52.6 Å². The average Bonchev–Trinajstić information content (AvgIpc) is 2.84. The van der Waals surface area contributed by atoms with Gasteiger partial charge in [0.05, 0.1) is 33.5 Å². The molecule has 0 aliphatic heterocycles. The van der Waals surface area contributed by atoms with Crippen LogP contribution in [0.2, 0.25) is 0 Å². The largest absolute Gasteiger partial charge is 0.465 e. The van der Waals surface area contributed by atoms with E-state index in [1.165, 1.54) is 39.9 Å². The van der Waals surface area contributed by atoms with Gasteiger partial charge in [-0.1, -0.05) is 37.1 Å². The first kappa shape index (κ1) is 31.0. The molecule has 0 saturated heterocycles. The summed E-state index contributed by atoms with van der Waals surface area (Å²) in [5, 5.41) is 0. The van der Waals surface area contributed by atoms with Gasteiger partial charge in [-0.2, -0.15) is 0 Å². The Labute approximate surface area is 233 Å². The molecule has 0 fully saturated rings. The third-order valence-corrected chi connectivity index (χ3v) is 11.0. The predicted octanol–water partition coefficient (Wildman–Crippen LogP) is 8.64. The van der Waals surface area contributed by atoms with E-state index in [4.69, 9.17) is 9.47 Å². The number of esters is 2. The summed E-state index contributed by atoms with van der Waals surface area (Å²) in [4.78, 5) is 26.0. The van der Waals surface area contributed by atoms with Gasteiger partial charge < -0.3 is 9.47 Å². The number of carbonyl (C=O) groups excluding carboxylic acids is 2. The summed E-state index contributed by atoms with van der Waals surface area (Å²) < 4.78 is 9.80. The summed E-state index contributed by atoms with van der Waals surface area (Å²) in [5.74, 6) is 1.62. The van der Waals surface area contributed by atoms with Crippen molar-refractivity contribution in [1.29, 1.82) is 0 Å². The van der Waals surface area contributed by atoms with Crippen molar-refractivity contribution >= 4 is 59.0 Å². The lowest BCUT2D eigenvalue weighted by Crippen LogP contribution is -2.12. The summed E-state index contributed by atoms with van der Waals surface area (Å²) in [7, 11) is 2.85. The lowest BCUT2D eigenvalue weighted by molar-refractivity contribution is 0.0588. The molecule has 198 valence electrons. The Bertz CT molecular complexity index is 912. The summed E-state index contributed by atoms with van der Waals surface area (Å²) in [6.45, 7) is 8.85. The van der Waals surface area contributed by atoms with Crippen LogP contribution in [0, 0.1) is 0 Å². The highest BCUT2D eigenvalue weighted by Gasteiger charge is 2.24. The number of methoxy groups -OCH3 is 2. The minimum absolute atomic E-state index is 0.0261. The molecular formula is C28H38O4S4. The van der Waals surface area contributed by atoms with Crippen molar-refractivity contribution in [3.63, 3.8) is 0 Å². The van der Waals surface area contributed by atoms with Gasteiger partial charge >= 0.3 is 11.9 Å². The number of rotatable bonds is 15. The fourth-order valence-corrected chi connectivity index (χ4v) is 8.52. The molecule has 0 aromatic heterocycles. The highest BCUT2D eigenvalue weighted by atomic mass is 32.2. The molecular weight excluding hydrogens is 529 g/mol. The van der Waals surface area contributed by atoms with E-state index >= 15 is 0 Å². The van der Waals surface area contributed by atoms with Crippen LogP contribution in [0.4, 0.5) is 0 Å². The molecule has 0 aliphatic rings. The van der Waals surface area contributed by atoms with Crippen LogP contribution < -0.4 is 0 Å². The zero-order valence-corrected chi connectivity index (χ0v) is 25.4. The summed E-state index contributed by atoms with van der Waals surface area (Å²) in [6.07, 6.45) is 4.79. The lowest BCUT2D eigenvalue weighted by atomic mass is 10.2. The molecule has 0 amide bonds. The zero-order valence-electron chi connectivity index (χ0n) is 22.1. The van der Waals surface area contributed by atoms with E-state index in [0.717, 1.165) is 21.3 Å². The number of unbranched alkanes of at least 4 members (excludes halogenated alkanes) is 3. The highest BCUT2D eigenvalue weighted by Crippen LogP contribution is 2.44. The first-order valence-electron chi connectivity index (χ1n) is 12.1. The summed E-state index contributed by atoms with van der Waals surface area (Å²) >= 11 is 7.33. The molecule has 2 rings (SSSR count). The Morgan fingerprint density at radius 3 is 1.36 bits per heavy atom. The van der Waals surface area contributed by atoms with Crippen LogP contribution in [-0.4, -0.2) is 45.8 Å². The predicted molar refractivity (Wildman–Crippen MR) is 159 cm³/mol. The van der Waals surface area contributed by atoms with E-state index in [9.17, 15) is 9.59 Å². The number of benzene rings is 2. The Morgan fingerprint density at radius 2 is 1.00 bits per heavy atom. The molecule has 0 spiro atoms. The van der Waals surface area contributed by atoms with Crippen molar-refractivity contribution in [3.8, 4) is 0 Å². The first-order valence-corrected chi connectivity index (χ1v) is 15.7. The smallest absolute Gasteiger partial charge is 0.338 e. The molecule has 2 aromatic rings. The number of hydrogen-bond acceptors (Lipinski definition) is 8. The fraction of sp³-hybridized carbons (Fsp3) is 0.500. The van der Waals surface area contributed by atoms with E-state index in [1.807, 2.05) is 72.1 Å². The van der Waals surface area contributed by atoms with Gasteiger partial charge in [0.1, 0.15) is 0 Å². The number of hydrogen-bond donors (Lipinski definition) is 0. The Hall–Kier alpha value is -1.22. The average molecular weight is 567 g/mol. The van der Waals surface area contributed by atoms with Gasteiger partial charge in [0.15, 0.2) is 0 Å². The minimum atomic E-state index is -0.286. The first-order chi connectivity index (χ1) is 17.1. The van der Waals surface area contributed by atoms with Crippen LogP contribution in [0.1, 0.15) is 74.1 Å². The van der Waals surface area contributed by atoms with E-state index in [2.05, 4.69) is 27.7 Å². The van der Waals surface area contributed by atoms with Crippen molar-refractivity contribution < 1.29 is 19.1 Å². The Balaban J connectivity index is 1.68. The highest BCUT2D eigenvalue weighted by molar-refractivity contribution is 8.18. The molecule has 36 heavy (non-hydrogen) atoms. The minimum Gasteiger partial charge on any atom is -0.465 e. The molecule has 2 aromatic carbocycles. The lowest BCUT2D eigenvalue weighted by Gasteiger charge is -2.25. The molecule has 4 nitrogen and oxygen atoms in total. The van der Waals surface area contributed by atoms with E-state index in [-0.39, 0.29) is 20.1 Å². The van der Waals surface area contributed by atoms with Crippen LogP contribution in [0.15, 0.2) is 58.3 Å². The molecule has 0 bridgehead atoms. The van der Waals surface area contributed by atoms with Crippen molar-refractivity contribution in [2.45, 2.75) is 71.3 Å². The third-order valence-electron chi connectivity index (χ3n) is 5.23. The van der Waals surface area contributed by atoms with Gasteiger partial charge in [-0.3, -0.25) is 0 Å². The van der Waals surface area contributed by atoms with Crippen LogP contribution >= 0.6 is 47.0 Å². The monoisotopic (exact) mass is 566 g/mol. The fourth-order valence-electron chi connectivity index (χ4n) is 3.45. The Morgan fingerprint density at radius 1 is 0.639 bits per heavy atom. The van der Waals surface area contributed by atoms with Gasteiger partial charge in [0.2, 0.25) is 0 Å². The maximum Gasteiger partial charge on any atom is 0.338 e. The maximum atomic E-state index is 12.0. The number of carbonyl (C=O) groups is 2. The normalized spacial score (nSPS) is 11.8. The van der Waals surface area contributed by atoms with Gasteiger partial charge in [-0.15, -0.1) is 47.0 Å². The molecule has 0 atom stereocenters. The molecule has 0 saturated carbocycles. The van der Waals surface area contributed by atoms with Crippen LogP contribution in [0.3, 0.4) is 0 Å². The molecule has 0 aliphatic carbocycles. The second-order valence-corrected chi connectivity index (χ2v) is 16.4. The van der Waals surface area contributed by atoms with Crippen molar-refractivity contribution in [2.24, 2.45) is 0 Å². The third kappa shape index (κ3) is 10.6. The zero-order chi connectivity index (χ0) is 26.6. The number of ether oxygens (including phenoxy) is 2. The SMILES string of the molecule is COC(=O)c1ccccc1SC(C)(C)SCCCCCCSC(C)(C)Sc1ccccc1C(=O)OC. The van der Waals surface area contributed by atoms with Crippen LogP contribution in [0.5, 0.6) is 0 Å².